The van der Waals surface area contributed by atoms with Gasteiger partial charge in [-0.2, -0.15) is 22.0 Å². The zero-order chi connectivity index (χ0) is 16.2. The minimum absolute atomic E-state index is 0.511. The van der Waals surface area contributed by atoms with Gasteiger partial charge in [-0.3, -0.25) is 4.90 Å². The first kappa shape index (κ1) is 17.0. The molecule has 1 aromatic rings. The predicted octanol–water partition coefficient (Wildman–Crippen LogP) is 3.02. The number of alkyl halides is 5. The maximum Gasteiger partial charge on any atom is 0.499 e. The molecule has 0 atom stereocenters. The van der Waals surface area contributed by atoms with Gasteiger partial charge in [0.05, 0.1) is 0 Å². The van der Waals surface area contributed by atoms with Gasteiger partial charge in [0, 0.05) is 19.6 Å². The van der Waals surface area contributed by atoms with Crippen LogP contribution < -0.4 is 10.1 Å². The van der Waals surface area contributed by atoms with Crippen molar-refractivity contribution in [2.45, 2.75) is 25.3 Å². The van der Waals surface area contributed by atoms with Gasteiger partial charge in [0.15, 0.2) is 0 Å². The molecule has 0 bridgehead atoms. The Morgan fingerprint density at radius 2 is 1.68 bits per heavy atom. The van der Waals surface area contributed by atoms with Crippen molar-refractivity contribution in [1.82, 2.24) is 10.2 Å². The maximum atomic E-state index is 12.8. The van der Waals surface area contributed by atoms with E-state index in [-0.39, 0.29) is 0 Å². The third-order valence-corrected chi connectivity index (χ3v) is 3.34. The Bertz CT molecular complexity index is 467. The van der Waals surface area contributed by atoms with Crippen molar-refractivity contribution < 1.29 is 26.7 Å². The van der Waals surface area contributed by atoms with Crippen LogP contribution in [-0.2, 0) is 6.54 Å². The molecule has 0 aliphatic carbocycles. The molecule has 1 aliphatic heterocycles. The number of nitrogens with zero attached hydrogens (tertiary/aromatic N) is 1. The lowest BCUT2D eigenvalue weighted by Gasteiger charge is -2.21. The minimum Gasteiger partial charge on any atom is -0.426 e. The molecule has 2 rings (SSSR count). The van der Waals surface area contributed by atoms with E-state index in [1.807, 2.05) is 0 Å². The van der Waals surface area contributed by atoms with Gasteiger partial charge in [-0.1, -0.05) is 12.1 Å². The Hall–Kier alpha value is -1.41. The van der Waals surface area contributed by atoms with Crippen molar-refractivity contribution in [3.05, 3.63) is 29.8 Å². The van der Waals surface area contributed by atoms with E-state index in [0.717, 1.165) is 50.3 Å². The molecular weight excluding hydrogens is 307 g/mol. The summed E-state index contributed by atoms with van der Waals surface area (Å²) in [6, 6.07) is 5.26. The third-order valence-electron chi connectivity index (χ3n) is 3.34. The molecule has 0 spiro atoms. The summed E-state index contributed by atoms with van der Waals surface area (Å²) in [5.74, 6) is -0.511. The second kappa shape index (κ2) is 6.78. The summed E-state index contributed by atoms with van der Waals surface area (Å²) < 4.78 is 65.5. The Kier molecular flexibility index (Phi) is 5.23. The monoisotopic (exact) mass is 324 g/mol. The summed E-state index contributed by atoms with van der Waals surface area (Å²) >= 11 is 0. The summed E-state index contributed by atoms with van der Waals surface area (Å²) in [5.41, 5.74) is 0.838. The lowest BCUT2D eigenvalue weighted by atomic mass is 10.2. The fourth-order valence-electron chi connectivity index (χ4n) is 2.19. The zero-order valence-corrected chi connectivity index (χ0v) is 11.8. The molecule has 0 aromatic heterocycles. The average Bonchev–Trinajstić information content (AvgIpc) is 2.68. The fourth-order valence-corrected chi connectivity index (χ4v) is 2.19. The third kappa shape index (κ3) is 4.54. The van der Waals surface area contributed by atoms with E-state index in [1.54, 1.807) is 0 Å². The van der Waals surface area contributed by atoms with Crippen LogP contribution in [0.4, 0.5) is 22.0 Å². The van der Waals surface area contributed by atoms with Crippen molar-refractivity contribution in [1.29, 1.82) is 0 Å². The van der Waals surface area contributed by atoms with E-state index < -0.39 is 18.0 Å². The number of benzene rings is 1. The number of hydrogen-bond acceptors (Lipinski definition) is 3. The second-order valence-electron chi connectivity index (χ2n) is 5.14. The molecule has 1 aliphatic rings. The lowest BCUT2D eigenvalue weighted by molar-refractivity contribution is -0.360. The largest absolute Gasteiger partial charge is 0.499 e. The van der Waals surface area contributed by atoms with Crippen LogP contribution in [0.15, 0.2) is 24.3 Å². The Labute approximate surface area is 125 Å². The van der Waals surface area contributed by atoms with Crippen LogP contribution in [0, 0.1) is 0 Å². The Balaban J connectivity index is 1.95. The van der Waals surface area contributed by atoms with Gasteiger partial charge < -0.3 is 10.1 Å². The topological polar surface area (TPSA) is 24.5 Å². The van der Waals surface area contributed by atoms with Crippen LogP contribution in [0.25, 0.3) is 0 Å². The zero-order valence-electron chi connectivity index (χ0n) is 11.8. The Morgan fingerprint density at radius 1 is 1.00 bits per heavy atom. The number of halogens is 5. The van der Waals surface area contributed by atoms with Gasteiger partial charge in [0.25, 0.3) is 0 Å². The molecule has 1 heterocycles. The highest BCUT2D eigenvalue weighted by Gasteiger charge is 2.61. The van der Waals surface area contributed by atoms with E-state index in [2.05, 4.69) is 15.0 Å². The molecule has 1 aromatic carbocycles. The predicted molar refractivity (Wildman–Crippen MR) is 70.8 cm³/mol. The number of ether oxygens (including phenoxy) is 1. The quantitative estimate of drug-likeness (QED) is 0.862. The lowest BCUT2D eigenvalue weighted by Crippen LogP contribution is -2.41. The molecule has 1 saturated heterocycles. The van der Waals surface area contributed by atoms with Crippen molar-refractivity contribution in [2.24, 2.45) is 0 Å². The van der Waals surface area contributed by atoms with Crippen molar-refractivity contribution in [3.8, 4) is 5.75 Å². The average molecular weight is 324 g/mol. The van der Waals surface area contributed by atoms with Crippen LogP contribution in [0.1, 0.15) is 12.0 Å². The maximum absolute atomic E-state index is 12.8. The SMILES string of the molecule is FC(F)(F)C(F)(F)Oc1ccc(CN2CCCNCC2)cc1. The van der Waals surface area contributed by atoms with Crippen LogP contribution in [0.2, 0.25) is 0 Å². The first-order valence-electron chi connectivity index (χ1n) is 6.93. The second-order valence-corrected chi connectivity index (χ2v) is 5.14. The number of nitrogens with one attached hydrogen (secondary N) is 1. The molecule has 124 valence electrons. The molecule has 22 heavy (non-hydrogen) atoms. The van der Waals surface area contributed by atoms with Crippen LogP contribution in [0.5, 0.6) is 5.75 Å². The highest BCUT2D eigenvalue weighted by Crippen LogP contribution is 2.37. The van der Waals surface area contributed by atoms with Gasteiger partial charge >= 0.3 is 12.3 Å². The Morgan fingerprint density at radius 3 is 2.32 bits per heavy atom. The first-order valence-corrected chi connectivity index (χ1v) is 6.93. The van der Waals surface area contributed by atoms with Gasteiger partial charge in [0.2, 0.25) is 0 Å². The number of rotatable bonds is 4. The van der Waals surface area contributed by atoms with Crippen LogP contribution >= 0.6 is 0 Å². The van der Waals surface area contributed by atoms with E-state index in [4.69, 9.17) is 0 Å². The highest BCUT2D eigenvalue weighted by atomic mass is 19.4. The van der Waals surface area contributed by atoms with Gasteiger partial charge in [-0.05, 0) is 37.2 Å². The van der Waals surface area contributed by atoms with Crippen molar-refractivity contribution in [2.75, 3.05) is 26.2 Å². The highest BCUT2D eigenvalue weighted by molar-refractivity contribution is 5.27. The standard InChI is InChI=1S/C14H17F5N2O/c15-13(16,17)14(18,19)22-12-4-2-11(3-5-12)10-21-8-1-6-20-7-9-21/h2-5,20H,1,6-10H2. The summed E-state index contributed by atoms with van der Waals surface area (Å²) in [4.78, 5) is 2.19. The summed E-state index contributed by atoms with van der Waals surface area (Å²) in [5, 5.41) is 3.26. The van der Waals surface area contributed by atoms with Crippen LogP contribution in [0.3, 0.4) is 0 Å². The summed E-state index contributed by atoms with van der Waals surface area (Å²) in [6.45, 7) is 4.23. The van der Waals surface area contributed by atoms with Gasteiger partial charge in [-0.15, -0.1) is 0 Å². The van der Waals surface area contributed by atoms with E-state index >= 15 is 0 Å². The summed E-state index contributed by atoms with van der Waals surface area (Å²) in [6.07, 6.45) is -9.91. The van der Waals surface area contributed by atoms with Crippen LogP contribution in [-0.4, -0.2) is 43.4 Å². The molecule has 0 unspecified atom stereocenters. The summed E-state index contributed by atoms with van der Waals surface area (Å²) in [7, 11) is 0. The molecule has 0 radical (unpaired) electrons. The minimum atomic E-state index is -5.73. The molecular formula is C14H17F5N2O. The van der Waals surface area contributed by atoms with E-state index in [1.165, 1.54) is 12.1 Å². The smallest absolute Gasteiger partial charge is 0.426 e. The molecule has 0 amide bonds. The normalized spacial score (nSPS) is 18.0. The molecule has 0 saturated carbocycles. The van der Waals surface area contributed by atoms with E-state index in [0.29, 0.717) is 6.54 Å². The molecule has 1 fully saturated rings. The molecule has 3 nitrogen and oxygen atoms in total. The molecule has 1 N–H and O–H groups in total. The number of hydrogen-bond donors (Lipinski definition) is 1. The van der Waals surface area contributed by atoms with E-state index in [9.17, 15) is 22.0 Å². The fraction of sp³-hybridized carbons (Fsp3) is 0.571. The van der Waals surface area contributed by atoms with Crippen molar-refractivity contribution in [3.63, 3.8) is 0 Å². The first-order chi connectivity index (χ1) is 10.3. The van der Waals surface area contributed by atoms with Gasteiger partial charge in [0.1, 0.15) is 5.75 Å². The van der Waals surface area contributed by atoms with Gasteiger partial charge in [-0.25, -0.2) is 0 Å². The van der Waals surface area contributed by atoms with Crippen molar-refractivity contribution >= 4 is 0 Å². The molecule has 8 heteroatoms.